The lowest BCUT2D eigenvalue weighted by Crippen LogP contribution is -2.55. The fourth-order valence-corrected chi connectivity index (χ4v) is 2.20. The highest BCUT2D eigenvalue weighted by atomic mass is 35.5. The Morgan fingerprint density at radius 3 is 2.00 bits per heavy atom. The van der Waals surface area contributed by atoms with E-state index in [0.717, 1.165) is 0 Å². The van der Waals surface area contributed by atoms with Gasteiger partial charge in [0.05, 0.1) is 12.4 Å². The Morgan fingerprint density at radius 2 is 1.60 bits per heavy atom. The molecule has 9 heteroatoms. The Kier molecular flexibility index (Phi) is 5.34. The minimum atomic E-state index is -5.98. The van der Waals surface area contributed by atoms with Crippen molar-refractivity contribution >= 4 is 23.3 Å². The maximum atomic E-state index is 13.1. The molecule has 1 rings (SSSR count). The first-order valence-electron chi connectivity index (χ1n) is 5.94. The van der Waals surface area contributed by atoms with Crippen molar-refractivity contribution in [3.8, 4) is 0 Å². The lowest BCUT2D eigenvalue weighted by molar-refractivity contribution is -0.275. The molecule has 0 bridgehead atoms. The van der Waals surface area contributed by atoms with Crippen molar-refractivity contribution in [3.63, 3.8) is 0 Å². The fraction of sp³-hybridized carbons (Fsp3) is 0.818. The van der Waals surface area contributed by atoms with Crippen LogP contribution in [0.5, 0.6) is 0 Å². The number of hydrogen-bond donors (Lipinski definition) is 0. The summed E-state index contributed by atoms with van der Waals surface area (Å²) in [6, 6.07) is -0.775. The molecule has 0 aliphatic heterocycles. The topological polar surface area (TPSA) is 37.4 Å². The second kappa shape index (κ2) is 6.24. The third-order valence-electron chi connectivity index (χ3n) is 3.15. The first-order valence-corrected chi connectivity index (χ1v) is 6.48. The van der Waals surface area contributed by atoms with Crippen molar-refractivity contribution in [2.75, 3.05) is 12.4 Å². The van der Waals surface area contributed by atoms with Gasteiger partial charge in [-0.25, -0.2) is 0 Å². The third-order valence-corrected chi connectivity index (χ3v) is 3.44. The standard InChI is InChI=1S/C11H13ClF5NO2/c12-5-8(19)6-18(7-3-1-2-4-7)9(20)10(13,14)11(15,16)17/h7H,1-6H2. The Morgan fingerprint density at radius 1 is 1.10 bits per heavy atom. The molecule has 1 fully saturated rings. The molecule has 0 radical (unpaired) electrons. The number of amides is 1. The molecule has 1 saturated carbocycles. The second-order valence-electron chi connectivity index (χ2n) is 4.62. The van der Waals surface area contributed by atoms with Crippen LogP contribution in [0, 0.1) is 0 Å². The molecular weight excluding hydrogens is 309 g/mol. The maximum Gasteiger partial charge on any atom is 0.463 e. The molecule has 0 heterocycles. The quantitative estimate of drug-likeness (QED) is 0.577. The molecule has 1 amide bonds. The van der Waals surface area contributed by atoms with Crippen molar-refractivity contribution in [3.05, 3.63) is 0 Å². The molecule has 0 atom stereocenters. The molecule has 116 valence electrons. The van der Waals surface area contributed by atoms with E-state index in [1.807, 2.05) is 0 Å². The SMILES string of the molecule is O=C(CCl)CN(C(=O)C(F)(F)C(F)(F)F)C1CCCC1. The number of carbonyl (C=O) groups excluding carboxylic acids is 2. The molecule has 0 N–H and O–H groups in total. The summed E-state index contributed by atoms with van der Waals surface area (Å²) in [7, 11) is 0. The minimum Gasteiger partial charge on any atom is -0.327 e. The maximum absolute atomic E-state index is 13.1. The highest BCUT2D eigenvalue weighted by Crippen LogP contribution is 2.38. The van der Waals surface area contributed by atoms with Crippen molar-refractivity contribution in [2.45, 2.75) is 43.8 Å². The zero-order chi connectivity index (χ0) is 15.6. The van der Waals surface area contributed by atoms with Gasteiger partial charge >= 0.3 is 18.0 Å². The van der Waals surface area contributed by atoms with Gasteiger partial charge < -0.3 is 4.90 Å². The van der Waals surface area contributed by atoms with Gasteiger partial charge in [0.1, 0.15) is 0 Å². The highest BCUT2D eigenvalue weighted by Gasteiger charge is 2.65. The van der Waals surface area contributed by atoms with E-state index < -0.39 is 42.3 Å². The minimum absolute atomic E-state index is 0.301. The molecule has 0 aromatic heterocycles. The van der Waals surface area contributed by atoms with Gasteiger partial charge in [-0.3, -0.25) is 9.59 Å². The number of rotatable bonds is 5. The summed E-state index contributed by atoms with van der Waals surface area (Å²) in [4.78, 5) is 23.0. The summed E-state index contributed by atoms with van der Waals surface area (Å²) in [6.45, 7) is -0.821. The molecule has 1 aliphatic carbocycles. The predicted octanol–water partition coefficient (Wildman–Crippen LogP) is 2.76. The largest absolute Gasteiger partial charge is 0.463 e. The van der Waals surface area contributed by atoms with Gasteiger partial charge in [0.2, 0.25) is 0 Å². The van der Waals surface area contributed by atoms with Crippen LogP contribution in [0.1, 0.15) is 25.7 Å². The number of ketones is 1. The monoisotopic (exact) mass is 321 g/mol. The van der Waals surface area contributed by atoms with Gasteiger partial charge in [0.15, 0.2) is 5.78 Å². The molecule has 0 aromatic rings. The summed E-state index contributed by atoms with van der Waals surface area (Å²) in [5, 5.41) is 0. The number of hydrogen-bond acceptors (Lipinski definition) is 2. The van der Waals surface area contributed by atoms with Gasteiger partial charge in [-0.05, 0) is 12.8 Å². The van der Waals surface area contributed by atoms with E-state index in [-0.39, 0.29) is 0 Å². The van der Waals surface area contributed by atoms with E-state index in [2.05, 4.69) is 0 Å². The average Bonchev–Trinajstić information content (AvgIpc) is 2.86. The van der Waals surface area contributed by atoms with Crippen LogP contribution < -0.4 is 0 Å². The molecule has 0 aromatic carbocycles. The summed E-state index contributed by atoms with van der Waals surface area (Å²) >= 11 is 5.21. The van der Waals surface area contributed by atoms with Crippen molar-refractivity contribution in [2.24, 2.45) is 0 Å². The number of Topliss-reactive ketones (excluding diaryl/α,β-unsaturated/α-hetero) is 1. The second-order valence-corrected chi connectivity index (χ2v) is 4.88. The predicted molar refractivity (Wildman–Crippen MR) is 60.7 cm³/mol. The van der Waals surface area contributed by atoms with Gasteiger partial charge in [0, 0.05) is 6.04 Å². The van der Waals surface area contributed by atoms with Gasteiger partial charge in [0.25, 0.3) is 0 Å². The van der Waals surface area contributed by atoms with E-state index >= 15 is 0 Å². The van der Waals surface area contributed by atoms with E-state index in [0.29, 0.717) is 30.6 Å². The van der Waals surface area contributed by atoms with E-state index in [9.17, 15) is 31.5 Å². The smallest absolute Gasteiger partial charge is 0.327 e. The van der Waals surface area contributed by atoms with Crippen LogP contribution >= 0.6 is 11.6 Å². The van der Waals surface area contributed by atoms with E-state index in [1.54, 1.807) is 0 Å². The molecule has 1 aliphatic rings. The zero-order valence-electron chi connectivity index (χ0n) is 10.4. The lowest BCUT2D eigenvalue weighted by atomic mass is 10.1. The summed E-state index contributed by atoms with van der Waals surface area (Å²) in [5.41, 5.74) is 0. The third kappa shape index (κ3) is 3.59. The normalized spacial score (nSPS) is 17.3. The zero-order valence-corrected chi connectivity index (χ0v) is 11.1. The van der Waals surface area contributed by atoms with Crippen LogP contribution in [0.2, 0.25) is 0 Å². The highest BCUT2D eigenvalue weighted by molar-refractivity contribution is 6.28. The number of nitrogens with zero attached hydrogens (tertiary/aromatic N) is 1. The molecule has 0 spiro atoms. The number of carbonyl (C=O) groups is 2. The molecule has 0 unspecified atom stereocenters. The molecule has 0 saturated heterocycles. The van der Waals surface area contributed by atoms with Crippen LogP contribution in [0.4, 0.5) is 22.0 Å². The Balaban J connectivity index is 2.97. The van der Waals surface area contributed by atoms with Gasteiger partial charge in [-0.15, -0.1) is 11.6 Å². The molecular formula is C11H13ClF5NO2. The summed E-state index contributed by atoms with van der Waals surface area (Å²) in [5.74, 6) is -9.20. The number of alkyl halides is 6. The van der Waals surface area contributed by atoms with E-state index in [1.165, 1.54) is 0 Å². The summed E-state index contributed by atoms with van der Waals surface area (Å²) < 4.78 is 63.0. The van der Waals surface area contributed by atoms with E-state index in [4.69, 9.17) is 11.6 Å². The van der Waals surface area contributed by atoms with Crippen LogP contribution in [-0.4, -0.2) is 47.2 Å². The Bertz CT molecular complexity index is 379. The van der Waals surface area contributed by atoms with Gasteiger partial charge in [-0.2, -0.15) is 22.0 Å². The molecule has 3 nitrogen and oxygen atoms in total. The van der Waals surface area contributed by atoms with Crippen molar-refractivity contribution < 1.29 is 31.5 Å². The Labute approximate surface area is 117 Å². The van der Waals surface area contributed by atoms with Crippen molar-refractivity contribution in [1.29, 1.82) is 0 Å². The summed E-state index contributed by atoms with van der Waals surface area (Å²) in [6.07, 6.45) is -4.16. The number of halogens is 6. The average molecular weight is 322 g/mol. The van der Waals surface area contributed by atoms with Crippen LogP contribution in [0.15, 0.2) is 0 Å². The van der Waals surface area contributed by atoms with Crippen molar-refractivity contribution in [1.82, 2.24) is 4.90 Å². The Hall–Kier alpha value is -0.920. The molecule has 20 heavy (non-hydrogen) atoms. The first kappa shape index (κ1) is 17.1. The first-order chi connectivity index (χ1) is 9.11. The van der Waals surface area contributed by atoms with Gasteiger partial charge in [-0.1, -0.05) is 12.8 Å². The van der Waals surface area contributed by atoms with Crippen LogP contribution in [0.25, 0.3) is 0 Å². The fourth-order valence-electron chi connectivity index (χ4n) is 2.12. The van der Waals surface area contributed by atoms with Crippen LogP contribution in [-0.2, 0) is 9.59 Å². The van der Waals surface area contributed by atoms with Crippen LogP contribution in [0.3, 0.4) is 0 Å². The lowest BCUT2D eigenvalue weighted by Gasteiger charge is -2.32.